The Labute approximate surface area is 413 Å². The predicted octanol–water partition coefficient (Wildman–Crippen LogP) is 7.58. The summed E-state index contributed by atoms with van der Waals surface area (Å²) < 4.78 is 12.2. The number of hydrogen-bond acceptors (Lipinski definition) is 13. The Morgan fingerprint density at radius 1 is 1.00 bits per heavy atom. The molecule has 2 aromatic carbocycles. The van der Waals surface area contributed by atoms with Crippen molar-refractivity contribution < 1.29 is 28.8 Å². The lowest BCUT2D eigenvalue weighted by Crippen LogP contribution is -2.74. The number of nitrogens with one attached hydrogen (secondary N) is 2. The number of piperazine rings is 1. The van der Waals surface area contributed by atoms with E-state index in [-0.39, 0.29) is 65.6 Å². The third kappa shape index (κ3) is 10.4. The molecule has 2 saturated heterocycles. The van der Waals surface area contributed by atoms with Crippen LogP contribution in [-0.4, -0.2) is 111 Å². The van der Waals surface area contributed by atoms with Gasteiger partial charge in [-0.1, -0.05) is 82.6 Å². The number of ether oxygens (including phenoxy) is 1. The van der Waals surface area contributed by atoms with Crippen LogP contribution in [0, 0.1) is 35.0 Å². The first-order valence-corrected chi connectivity index (χ1v) is 25.0. The average molecular weight is 977 g/mol. The molecule has 69 heavy (non-hydrogen) atoms. The Morgan fingerprint density at radius 2 is 1.72 bits per heavy atom. The summed E-state index contributed by atoms with van der Waals surface area (Å²) in [6, 6.07) is 19.4. The normalized spacial score (nSPS) is 21.8. The van der Waals surface area contributed by atoms with E-state index in [9.17, 15) is 24.8 Å². The first kappa shape index (κ1) is 49.6. The van der Waals surface area contributed by atoms with Crippen LogP contribution in [0.3, 0.4) is 0 Å². The van der Waals surface area contributed by atoms with Gasteiger partial charge in [0.05, 0.1) is 50.1 Å². The number of β-amino-alcohol motifs (C(OH)–C–C–N with tert-alkyl or cyclic N) is 1. The van der Waals surface area contributed by atoms with Gasteiger partial charge in [0.1, 0.15) is 41.5 Å². The molecule has 3 amide bonds. The number of carbonyl (C=O) groups excluding carboxylic acids is 3. The number of pyridine rings is 1. The molecule has 1 saturated carbocycles. The van der Waals surface area contributed by atoms with E-state index < -0.39 is 18.1 Å². The second-order valence-corrected chi connectivity index (χ2v) is 21.5. The molecular formula is C52H62ClN9O6S. The van der Waals surface area contributed by atoms with E-state index in [1.54, 1.807) is 35.7 Å². The van der Waals surface area contributed by atoms with Gasteiger partial charge in [-0.3, -0.25) is 19.3 Å². The van der Waals surface area contributed by atoms with E-state index in [4.69, 9.17) is 20.9 Å². The van der Waals surface area contributed by atoms with Gasteiger partial charge >= 0.3 is 0 Å². The standard InChI is InChI=1S/C52H62ClN9O6S/c1-30(2)44(48(66)62-28-38(63)24-41(62)47(65)57-31(3)33-9-11-34(12-10-33)45-32(4)56-29-69-45)42-23-37(59-68-42)17-18-60-19-21-61(22-20-60)43-16-14-36(27-55-43)46(64)58-49-51(5,6)50(52(49,7)8)67-39-15-13-35(26-54)40(53)25-39/h9-16,23,25,27,29-31,38,41,44,49-50,63H,17-22,24,28H2,1-8H3,(H,57,65)(H,58,64)/t31-,38+,41-,44?,49-,50-/m0/s1. The number of aryl methyl sites for hydroxylation is 1. The smallest absolute Gasteiger partial charge is 0.253 e. The molecule has 3 fully saturated rings. The summed E-state index contributed by atoms with van der Waals surface area (Å²) in [6.45, 7) is 20.0. The van der Waals surface area contributed by atoms with Crippen molar-refractivity contribution in [3.8, 4) is 22.3 Å². The minimum atomic E-state index is -0.819. The number of aliphatic hydroxyl groups is 1. The summed E-state index contributed by atoms with van der Waals surface area (Å²) >= 11 is 7.85. The van der Waals surface area contributed by atoms with Crippen molar-refractivity contribution in [2.24, 2.45) is 16.7 Å². The summed E-state index contributed by atoms with van der Waals surface area (Å²) in [5.74, 6) is 0.245. The Morgan fingerprint density at radius 3 is 2.35 bits per heavy atom. The van der Waals surface area contributed by atoms with E-state index in [1.807, 2.05) is 75.7 Å². The van der Waals surface area contributed by atoms with Gasteiger partial charge in [-0.25, -0.2) is 9.97 Å². The first-order chi connectivity index (χ1) is 32.8. The van der Waals surface area contributed by atoms with Crippen molar-refractivity contribution in [2.75, 3.05) is 44.2 Å². The lowest BCUT2D eigenvalue weighted by molar-refractivity contribution is -0.164. The van der Waals surface area contributed by atoms with Crippen LogP contribution in [0.25, 0.3) is 10.4 Å². The van der Waals surface area contributed by atoms with Crippen molar-refractivity contribution in [3.63, 3.8) is 0 Å². The molecule has 0 radical (unpaired) electrons. The zero-order valence-corrected chi connectivity index (χ0v) is 42.1. The quantitative estimate of drug-likeness (QED) is 0.0934. The fraction of sp³-hybridized carbons (Fsp3) is 0.481. The maximum absolute atomic E-state index is 14.3. The van der Waals surface area contributed by atoms with Crippen molar-refractivity contribution in [2.45, 2.75) is 104 Å². The molecule has 364 valence electrons. The Hall–Kier alpha value is -5.86. The largest absolute Gasteiger partial charge is 0.489 e. The van der Waals surface area contributed by atoms with Crippen LogP contribution in [0.1, 0.15) is 105 Å². The van der Waals surface area contributed by atoms with Gasteiger partial charge in [0.25, 0.3) is 5.91 Å². The maximum Gasteiger partial charge on any atom is 0.253 e. The minimum absolute atomic E-state index is 0.0634. The number of nitrogens with zero attached hydrogens (tertiary/aromatic N) is 7. The van der Waals surface area contributed by atoms with Crippen LogP contribution in [0.5, 0.6) is 5.75 Å². The number of carbonyl (C=O) groups is 3. The Balaban J connectivity index is 0.804. The van der Waals surface area contributed by atoms with Crippen LogP contribution in [0.4, 0.5) is 5.82 Å². The second-order valence-electron chi connectivity index (χ2n) is 20.2. The summed E-state index contributed by atoms with van der Waals surface area (Å²) in [7, 11) is 0. The molecule has 1 unspecified atom stereocenters. The Bertz CT molecular complexity index is 2670. The fourth-order valence-corrected chi connectivity index (χ4v) is 11.7. The van der Waals surface area contributed by atoms with Crippen LogP contribution in [0.2, 0.25) is 5.02 Å². The van der Waals surface area contributed by atoms with Gasteiger partial charge in [0.2, 0.25) is 11.8 Å². The van der Waals surface area contributed by atoms with Crippen molar-refractivity contribution in [1.82, 2.24) is 35.6 Å². The van der Waals surface area contributed by atoms with Crippen LogP contribution in [-0.2, 0) is 16.0 Å². The fourth-order valence-electron chi connectivity index (χ4n) is 10.7. The lowest BCUT2D eigenvalue weighted by atomic mass is 9.49. The van der Waals surface area contributed by atoms with Gasteiger partial charge in [-0.2, -0.15) is 5.26 Å². The molecular weight excluding hydrogens is 914 g/mol. The second kappa shape index (κ2) is 20.2. The SMILES string of the molecule is Cc1ncsc1-c1ccc([C@H](C)NC(=O)[C@@H]2C[C@@H](O)CN2C(=O)C(c2cc(CCN3CCN(c4ccc(C(=O)N[C@H]5C(C)(C)[C@H](Oc6ccc(C#N)c(Cl)c6)C5(C)C)cn4)CC3)no2)C(C)C)cc1. The molecule has 8 rings (SSSR count). The zero-order chi connectivity index (χ0) is 49.4. The number of nitriles is 1. The third-order valence-corrected chi connectivity index (χ3v) is 15.6. The summed E-state index contributed by atoms with van der Waals surface area (Å²) in [5, 5.41) is 31.0. The monoisotopic (exact) mass is 975 g/mol. The van der Waals surface area contributed by atoms with Crippen LogP contribution in [0.15, 0.2) is 76.9 Å². The Kier molecular flexibility index (Phi) is 14.5. The van der Waals surface area contributed by atoms with Crippen molar-refractivity contribution in [3.05, 3.63) is 111 Å². The minimum Gasteiger partial charge on any atom is -0.489 e. The van der Waals surface area contributed by atoms with Crippen LogP contribution < -0.4 is 20.3 Å². The zero-order valence-electron chi connectivity index (χ0n) is 40.5. The topological polar surface area (TPSA) is 190 Å². The predicted molar refractivity (Wildman–Crippen MR) is 265 cm³/mol. The number of thiazole rings is 1. The first-order valence-electron chi connectivity index (χ1n) is 23.7. The molecule has 2 aliphatic heterocycles. The number of aliphatic hydroxyl groups excluding tert-OH is 1. The van der Waals surface area contributed by atoms with Gasteiger partial charge in [0.15, 0.2) is 0 Å². The average Bonchev–Trinajstić information content (AvgIpc) is 4.09. The maximum atomic E-state index is 14.3. The molecule has 5 aromatic rings. The van der Waals surface area contributed by atoms with E-state index >= 15 is 0 Å². The van der Waals surface area contributed by atoms with Gasteiger partial charge in [-0.15, -0.1) is 11.3 Å². The van der Waals surface area contributed by atoms with Gasteiger partial charge < -0.3 is 34.8 Å². The molecule has 15 nitrogen and oxygen atoms in total. The number of halogens is 1. The van der Waals surface area contributed by atoms with Gasteiger partial charge in [0, 0.05) is 87.3 Å². The van der Waals surface area contributed by atoms with E-state index in [0.717, 1.165) is 65.9 Å². The number of hydrogen-bond donors (Lipinski definition) is 3. The molecule has 5 heterocycles. The molecule has 0 spiro atoms. The number of aromatic nitrogens is 3. The molecule has 3 aromatic heterocycles. The number of benzene rings is 2. The summed E-state index contributed by atoms with van der Waals surface area (Å²) in [5.41, 5.74) is 5.64. The van der Waals surface area contributed by atoms with Crippen molar-refractivity contribution >= 4 is 46.5 Å². The number of likely N-dealkylation sites (tertiary alicyclic amines) is 1. The highest BCUT2D eigenvalue weighted by atomic mass is 35.5. The van der Waals surface area contributed by atoms with Gasteiger partial charge in [-0.05, 0) is 55.2 Å². The molecule has 3 N–H and O–H groups in total. The van der Waals surface area contributed by atoms with Crippen LogP contribution >= 0.6 is 22.9 Å². The highest BCUT2D eigenvalue weighted by Gasteiger charge is 2.64. The molecule has 0 bridgehead atoms. The van der Waals surface area contributed by atoms with Crippen molar-refractivity contribution in [1.29, 1.82) is 5.26 Å². The highest BCUT2D eigenvalue weighted by Crippen LogP contribution is 2.55. The van der Waals surface area contributed by atoms with E-state index in [2.05, 4.69) is 69.3 Å². The number of anilines is 1. The number of rotatable bonds is 15. The van der Waals surface area contributed by atoms with E-state index in [0.29, 0.717) is 34.1 Å². The molecule has 17 heteroatoms. The van der Waals surface area contributed by atoms with E-state index in [1.165, 1.54) is 4.90 Å². The third-order valence-electron chi connectivity index (χ3n) is 14.3. The number of amides is 3. The molecule has 1 aliphatic carbocycles. The highest BCUT2D eigenvalue weighted by molar-refractivity contribution is 7.13. The lowest BCUT2D eigenvalue weighted by Gasteiger charge is -2.63. The molecule has 3 aliphatic rings. The molecule has 4 atom stereocenters. The summed E-state index contributed by atoms with van der Waals surface area (Å²) in [6.07, 6.45) is 1.39. The summed E-state index contributed by atoms with van der Waals surface area (Å²) in [4.78, 5) is 57.8.